The normalized spacial score (nSPS) is 13.9. The molecule has 3 atom stereocenters. The van der Waals surface area contributed by atoms with Crippen molar-refractivity contribution >= 4 is 24.0 Å². The van der Waals surface area contributed by atoms with Crippen LogP contribution < -0.4 is 16.0 Å². The molecule has 3 amide bonds. The van der Waals surface area contributed by atoms with Gasteiger partial charge in [-0.05, 0) is 30.0 Å². The van der Waals surface area contributed by atoms with Crippen molar-refractivity contribution in [3.63, 3.8) is 0 Å². The Morgan fingerprint density at radius 3 is 1.94 bits per heavy atom. The van der Waals surface area contributed by atoms with E-state index in [0.29, 0.717) is 11.8 Å². The molecule has 0 aliphatic carbocycles. The molecule has 0 saturated heterocycles. The molecule has 0 radical (unpaired) electrons. The van der Waals surface area contributed by atoms with Crippen LogP contribution in [0.15, 0.2) is 60.7 Å². The van der Waals surface area contributed by atoms with Crippen molar-refractivity contribution in [1.29, 1.82) is 0 Å². The molecule has 0 fully saturated rings. The summed E-state index contributed by atoms with van der Waals surface area (Å²) in [6.45, 7) is 7.05. The lowest BCUT2D eigenvalue weighted by molar-refractivity contribution is -0.131. The van der Waals surface area contributed by atoms with Gasteiger partial charge in [0.1, 0.15) is 18.4 Å². The standard InChI is InChI=1S/C25H31N3O4/c1-17(22(30)28-21(16-29)25(2,3)4)26-24(32)20(15-18-11-7-5-8-12-18)27-23(31)19-13-9-6-10-14-19/h5-14,16-17,20-21H,15H2,1-4H3,(H,26,32)(H,27,31)(H,28,30)/t17-,20+,21+/m0/s1. The van der Waals surface area contributed by atoms with Gasteiger partial charge in [0, 0.05) is 12.0 Å². The minimum atomic E-state index is -0.890. The number of nitrogens with one attached hydrogen (secondary N) is 3. The molecule has 0 saturated carbocycles. The summed E-state index contributed by atoms with van der Waals surface area (Å²) < 4.78 is 0. The highest BCUT2D eigenvalue weighted by atomic mass is 16.2. The van der Waals surface area contributed by atoms with Gasteiger partial charge in [0.2, 0.25) is 11.8 Å². The van der Waals surface area contributed by atoms with Crippen LogP contribution >= 0.6 is 0 Å². The Bertz CT molecular complexity index is 923. The molecule has 2 aromatic rings. The van der Waals surface area contributed by atoms with E-state index in [1.54, 1.807) is 30.3 Å². The van der Waals surface area contributed by atoms with Crippen molar-refractivity contribution in [3.8, 4) is 0 Å². The van der Waals surface area contributed by atoms with Gasteiger partial charge < -0.3 is 20.7 Å². The number of aldehydes is 1. The maximum absolute atomic E-state index is 13.0. The van der Waals surface area contributed by atoms with E-state index in [9.17, 15) is 19.2 Å². The van der Waals surface area contributed by atoms with E-state index in [1.165, 1.54) is 6.92 Å². The van der Waals surface area contributed by atoms with Crippen LogP contribution in [0, 0.1) is 5.41 Å². The van der Waals surface area contributed by atoms with E-state index in [-0.39, 0.29) is 12.3 Å². The van der Waals surface area contributed by atoms with Crippen LogP contribution in [-0.4, -0.2) is 42.1 Å². The summed E-state index contributed by atoms with van der Waals surface area (Å²) in [5.74, 6) is -1.34. The highest BCUT2D eigenvalue weighted by Crippen LogP contribution is 2.17. The second-order valence-electron chi connectivity index (χ2n) is 8.80. The van der Waals surface area contributed by atoms with Gasteiger partial charge in [0.25, 0.3) is 5.91 Å². The summed E-state index contributed by atoms with van der Waals surface area (Å²) in [7, 11) is 0. The lowest BCUT2D eigenvalue weighted by Crippen LogP contribution is -2.56. The van der Waals surface area contributed by atoms with E-state index < -0.39 is 35.4 Å². The van der Waals surface area contributed by atoms with Gasteiger partial charge in [-0.15, -0.1) is 0 Å². The van der Waals surface area contributed by atoms with E-state index in [0.717, 1.165) is 5.56 Å². The molecule has 2 rings (SSSR count). The van der Waals surface area contributed by atoms with Crippen LogP contribution in [0.2, 0.25) is 0 Å². The third-order valence-corrected chi connectivity index (χ3v) is 5.06. The molecule has 0 aliphatic rings. The van der Waals surface area contributed by atoms with E-state index in [4.69, 9.17) is 0 Å². The van der Waals surface area contributed by atoms with Gasteiger partial charge in [-0.3, -0.25) is 14.4 Å². The first-order valence-electron chi connectivity index (χ1n) is 10.6. The van der Waals surface area contributed by atoms with Crippen LogP contribution in [0.1, 0.15) is 43.6 Å². The van der Waals surface area contributed by atoms with Crippen LogP contribution in [0.5, 0.6) is 0 Å². The molecule has 0 heterocycles. The average Bonchev–Trinajstić information content (AvgIpc) is 2.77. The molecular formula is C25H31N3O4. The van der Waals surface area contributed by atoms with Gasteiger partial charge >= 0.3 is 0 Å². The van der Waals surface area contributed by atoms with Crippen molar-refractivity contribution < 1.29 is 19.2 Å². The summed E-state index contributed by atoms with van der Waals surface area (Å²) in [5.41, 5.74) is 0.843. The fraction of sp³-hybridized carbons (Fsp3) is 0.360. The summed E-state index contributed by atoms with van der Waals surface area (Å²) in [4.78, 5) is 49.6. The van der Waals surface area contributed by atoms with Crippen molar-refractivity contribution in [3.05, 3.63) is 71.8 Å². The van der Waals surface area contributed by atoms with Gasteiger partial charge in [0.15, 0.2) is 0 Å². The number of hydrogen-bond donors (Lipinski definition) is 3. The Kier molecular flexibility index (Phi) is 8.70. The third-order valence-electron chi connectivity index (χ3n) is 5.06. The fourth-order valence-electron chi connectivity index (χ4n) is 3.00. The second kappa shape index (κ2) is 11.2. The Morgan fingerprint density at radius 1 is 0.844 bits per heavy atom. The Morgan fingerprint density at radius 2 is 1.41 bits per heavy atom. The van der Waals surface area contributed by atoms with Gasteiger partial charge in [-0.1, -0.05) is 69.3 Å². The summed E-state index contributed by atoms with van der Waals surface area (Å²) in [6, 6.07) is 15.4. The third kappa shape index (κ3) is 7.34. The van der Waals surface area contributed by atoms with E-state index >= 15 is 0 Å². The first kappa shape index (κ1) is 24.8. The van der Waals surface area contributed by atoms with Crippen molar-refractivity contribution in [2.45, 2.75) is 52.2 Å². The van der Waals surface area contributed by atoms with Crippen LogP contribution in [0.25, 0.3) is 0 Å². The molecule has 2 aromatic carbocycles. The highest BCUT2D eigenvalue weighted by Gasteiger charge is 2.29. The highest BCUT2D eigenvalue weighted by molar-refractivity contribution is 5.98. The van der Waals surface area contributed by atoms with Crippen LogP contribution in [0.4, 0.5) is 0 Å². The van der Waals surface area contributed by atoms with Crippen molar-refractivity contribution in [2.24, 2.45) is 5.41 Å². The zero-order valence-corrected chi connectivity index (χ0v) is 18.9. The molecule has 0 unspecified atom stereocenters. The topological polar surface area (TPSA) is 104 Å². The first-order chi connectivity index (χ1) is 15.1. The summed E-state index contributed by atoms with van der Waals surface area (Å²) >= 11 is 0. The SMILES string of the molecule is C[C@H](NC(=O)[C@@H](Cc1ccccc1)NC(=O)c1ccccc1)C(=O)N[C@H](C=O)C(C)(C)C. The maximum Gasteiger partial charge on any atom is 0.251 e. The molecule has 7 nitrogen and oxygen atoms in total. The van der Waals surface area contributed by atoms with Crippen LogP contribution in [-0.2, 0) is 20.8 Å². The average molecular weight is 438 g/mol. The number of hydrogen-bond acceptors (Lipinski definition) is 4. The van der Waals surface area contributed by atoms with Gasteiger partial charge in [0.05, 0.1) is 6.04 Å². The lowest BCUT2D eigenvalue weighted by atomic mass is 9.87. The minimum Gasteiger partial charge on any atom is -0.344 e. The largest absolute Gasteiger partial charge is 0.344 e. The van der Waals surface area contributed by atoms with Crippen molar-refractivity contribution in [1.82, 2.24) is 16.0 Å². The Labute approximate surface area is 189 Å². The molecule has 0 spiro atoms. The van der Waals surface area contributed by atoms with E-state index in [2.05, 4.69) is 16.0 Å². The lowest BCUT2D eigenvalue weighted by Gasteiger charge is -2.28. The number of rotatable bonds is 9. The molecule has 170 valence electrons. The zero-order chi connectivity index (χ0) is 23.7. The number of carbonyl (C=O) groups excluding carboxylic acids is 4. The molecule has 0 bridgehead atoms. The van der Waals surface area contributed by atoms with E-state index in [1.807, 2.05) is 51.1 Å². The second-order valence-corrected chi connectivity index (χ2v) is 8.80. The molecule has 7 heteroatoms. The maximum atomic E-state index is 13.0. The first-order valence-corrected chi connectivity index (χ1v) is 10.6. The predicted octanol–water partition coefficient (Wildman–Crippen LogP) is 2.26. The predicted molar refractivity (Wildman–Crippen MR) is 123 cm³/mol. The monoisotopic (exact) mass is 437 g/mol. The van der Waals surface area contributed by atoms with Gasteiger partial charge in [-0.25, -0.2) is 0 Å². The molecule has 3 N–H and O–H groups in total. The Hall–Kier alpha value is -3.48. The summed E-state index contributed by atoms with van der Waals surface area (Å²) in [5, 5.41) is 8.08. The molecule has 0 aromatic heterocycles. The summed E-state index contributed by atoms with van der Waals surface area (Å²) in [6.07, 6.45) is 0.948. The minimum absolute atomic E-state index is 0.262. The van der Waals surface area contributed by atoms with Crippen molar-refractivity contribution in [2.75, 3.05) is 0 Å². The zero-order valence-electron chi connectivity index (χ0n) is 18.9. The number of carbonyl (C=O) groups is 4. The number of benzene rings is 2. The molecule has 0 aliphatic heterocycles. The quantitative estimate of drug-likeness (QED) is 0.524. The smallest absolute Gasteiger partial charge is 0.251 e. The fourth-order valence-corrected chi connectivity index (χ4v) is 3.00. The Balaban J connectivity index is 2.11. The van der Waals surface area contributed by atoms with Crippen LogP contribution in [0.3, 0.4) is 0 Å². The van der Waals surface area contributed by atoms with Gasteiger partial charge in [-0.2, -0.15) is 0 Å². The molecule has 32 heavy (non-hydrogen) atoms. The number of amides is 3. The molecular weight excluding hydrogens is 406 g/mol.